The normalized spacial score (nSPS) is 12.4. The molecule has 30 heavy (non-hydrogen) atoms. The lowest BCUT2D eigenvalue weighted by Crippen LogP contribution is -2.36. The molecule has 164 valence electrons. The highest BCUT2D eigenvalue weighted by Crippen LogP contribution is 2.27. The third-order valence-electron chi connectivity index (χ3n) is 4.51. The van der Waals surface area contributed by atoms with Crippen molar-refractivity contribution in [1.29, 1.82) is 0 Å². The van der Waals surface area contributed by atoms with Crippen molar-refractivity contribution < 1.29 is 17.9 Å². The van der Waals surface area contributed by atoms with Crippen molar-refractivity contribution in [3.8, 4) is 5.75 Å². The summed E-state index contributed by atoms with van der Waals surface area (Å²) in [7, 11) is -3.62. The summed E-state index contributed by atoms with van der Waals surface area (Å²) in [4.78, 5) is 12.2. The van der Waals surface area contributed by atoms with Crippen LogP contribution in [0.15, 0.2) is 53.4 Å². The van der Waals surface area contributed by atoms with Gasteiger partial charge >= 0.3 is 0 Å². The van der Waals surface area contributed by atoms with Crippen molar-refractivity contribution >= 4 is 27.5 Å². The summed E-state index contributed by atoms with van der Waals surface area (Å²) in [6, 6.07) is 14.3. The van der Waals surface area contributed by atoms with E-state index in [0.29, 0.717) is 6.54 Å². The van der Waals surface area contributed by atoms with Gasteiger partial charge in [0, 0.05) is 12.6 Å². The molecule has 8 heteroatoms. The second-order valence-electron chi connectivity index (χ2n) is 7.13. The highest BCUT2D eigenvalue weighted by molar-refractivity contribution is 7.89. The molecule has 0 aliphatic rings. The van der Waals surface area contributed by atoms with Crippen LogP contribution in [0.3, 0.4) is 0 Å². The van der Waals surface area contributed by atoms with E-state index in [4.69, 9.17) is 16.3 Å². The molecule has 0 aliphatic heterocycles. The zero-order valence-electron chi connectivity index (χ0n) is 17.4. The fraction of sp³-hybridized carbons (Fsp3) is 0.409. The smallest absolute Gasteiger partial charge is 0.258 e. The molecule has 2 rings (SSSR count). The Morgan fingerprint density at radius 2 is 1.90 bits per heavy atom. The number of amides is 1. The number of nitrogens with one attached hydrogen (secondary N) is 2. The number of benzene rings is 2. The van der Waals surface area contributed by atoms with Gasteiger partial charge in [0.05, 0.1) is 9.92 Å². The molecule has 0 aliphatic carbocycles. The van der Waals surface area contributed by atoms with Gasteiger partial charge in [-0.2, -0.15) is 0 Å². The highest BCUT2D eigenvalue weighted by atomic mass is 35.5. The van der Waals surface area contributed by atoms with Crippen LogP contribution < -0.4 is 14.8 Å². The van der Waals surface area contributed by atoms with Gasteiger partial charge in [-0.1, -0.05) is 55.3 Å². The molecule has 2 aromatic carbocycles. The Morgan fingerprint density at radius 3 is 2.57 bits per heavy atom. The summed E-state index contributed by atoms with van der Waals surface area (Å²) in [6.45, 7) is 4.10. The molecular formula is C22H29ClN2O4S. The van der Waals surface area contributed by atoms with Crippen molar-refractivity contribution in [2.24, 2.45) is 0 Å². The first-order valence-electron chi connectivity index (χ1n) is 10.1. The molecule has 0 saturated heterocycles. The van der Waals surface area contributed by atoms with Gasteiger partial charge in [0.2, 0.25) is 10.0 Å². The van der Waals surface area contributed by atoms with Crippen LogP contribution in [0.25, 0.3) is 0 Å². The molecule has 0 unspecified atom stereocenters. The predicted molar refractivity (Wildman–Crippen MR) is 119 cm³/mol. The summed E-state index contributed by atoms with van der Waals surface area (Å²) in [5.41, 5.74) is 1.22. The van der Waals surface area contributed by atoms with E-state index in [2.05, 4.69) is 22.2 Å². The van der Waals surface area contributed by atoms with Crippen LogP contribution in [-0.4, -0.2) is 33.5 Å². The van der Waals surface area contributed by atoms with Crippen LogP contribution in [0, 0.1) is 0 Å². The number of rotatable bonds is 12. The minimum absolute atomic E-state index is 0.00140. The van der Waals surface area contributed by atoms with E-state index in [1.807, 2.05) is 32.0 Å². The number of unbranched alkanes of at least 4 members (excludes halogenated alkanes) is 1. The summed E-state index contributed by atoms with van der Waals surface area (Å²) in [5, 5.41) is 3.03. The lowest BCUT2D eigenvalue weighted by Gasteiger charge is -2.15. The molecule has 2 aromatic rings. The molecule has 2 N–H and O–H groups in total. The van der Waals surface area contributed by atoms with Crippen LogP contribution in [0.2, 0.25) is 5.02 Å². The van der Waals surface area contributed by atoms with Crippen molar-refractivity contribution in [2.75, 3.05) is 13.2 Å². The monoisotopic (exact) mass is 452 g/mol. The predicted octanol–water partition coefficient (Wildman–Crippen LogP) is 3.93. The SMILES string of the molecule is CCCCNS(=O)(=O)c1ccc(OCC(=O)N[C@H](C)CCc2ccccc2)c(Cl)c1. The Bertz CT molecular complexity index is 920. The molecule has 1 amide bonds. The fourth-order valence-corrected chi connectivity index (χ4v) is 4.19. The van der Waals surface area contributed by atoms with Crippen molar-refractivity contribution in [2.45, 2.75) is 50.5 Å². The Labute approximate surface area is 184 Å². The number of halogens is 1. The standard InChI is InChI=1S/C22H29ClN2O4S/c1-3-4-14-24-30(27,28)19-12-13-21(20(23)15-19)29-16-22(26)25-17(2)10-11-18-8-6-5-7-9-18/h5-9,12-13,15,17,24H,3-4,10-11,14,16H2,1-2H3,(H,25,26)/t17-/m1/s1. The summed E-state index contributed by atoms with van der Waals surface area (Å²) >= 11 is 6.15. The quantitative estimate of drug-likeness (QED) is 0.478. The lowest BCUT2D eigenvalue weighted by molar-refractivity contribution is -0.123. The molecule has 0 heterocycles. The van der Waals surface area contributed by atoms with Crippen LogP contribution in [0.4, 0.5) is 0 Å². The summed E-state index contributed by atoms with van der Waals surface area (Å²) in [6.07, 6.45) is 3.33. The van der Waals surface area contributed by atoms with E-state index in [1.54, 1.807) is 0 Å². The molecular weight excluding hydrogens is 424 g/mol. The van der Waals surface area contributed by atoms with E-state index in [9.17, 15) is 13.2 Å². The number of hydrogen-bond donors (Lipinski definition) is 2. The van der Waals surface area contributed by atoms with Gasteiger partial charge in [-0.15, -0.1) is 0 Å². The maximum atomic E-state index is 12.2. The lowest BCUT2D eigenvalue weighted by atomic mass is 10.1. The second-order valence-corrected chi connectivity index (χ2v) is 9.30. The first kappa shape index (κ1) is 24.2. The minimum Gasteiger partial charge on any atom is -0.482 e. The van der Waals surface area contributed by atoms with E-state index in [1.165, 1.54) is 23.8 Å². The summed E-state index contributed by atoms with van der Waals surface area (Å²) in [5.74, 6) is 0.000761. The Hall–Kier alpha value is -2.09. The topological polar surface area (TPSA) is 84.5 Å². The fourth-order valence-electron chi connectivity index (χ4n) is 2.79. The van der Waals surface area contributed by atoms with Gasteiger partial charge in [0.1, 0.15) is 5.75 Å². The maximum absolute atomic E-state index is 12.2. The Morgan fingerprint density at radius 1 is 1.17 bits per heavy atom. The largest absolute Gasteiger partial charge is 0.482 e. The van der Waals surface area contributed by atoms with Gasteiger partial charge in [0.15, 0.2) is 6.61 Å². The van der Waals surface area contributed by atoms with Gasteiger partial charge in [-0.25, -0.2) is 13.1 Å². The second kappa shape index (κ2) is 11.9. The number of ether oxygens (including phenoxy) is 1. The first-order valence-corrected chi connectivity index (χ1v) is 11.9. The van der Waals surface area contributed by atoms with Crippen molar-refractivity contribution in [3.63, 3.8) is 0 Å². The third kappa shape index (κ3) is 7.97. The van der Waals surface area contributed by atoms with E-state index >= 15 is 0 Å². The number of hydrogen-bond acceptors (Lipinski definition) is 4. The molecule has 0 radical (unpaired) electrons. The van der Waals surface area contributed by atoms with Crippen LogP contribution in [0.1, 0.15) is 38.7 Å². The van der Waals surface area contributed by atoms with Gasteiger partial charge in [-0.05, 0) is 49.9 Å². The van der Waals surface area contributed by atoms with Crippen molar-refractivity contribution in [1.82, 2.24) is 10.0 Å². The zero-order chi connectivity index (χ0) is 22.0. The zero-order valence-corrected chi connectivity index (χ0v) is 18.9. The highest BCUT2D eigenvalue weighted by Gasteiger charge is 2.16. The van der Waals surface area contributed by atoms with Gasteiger partial charge in [-0.3, -0.25) is 4.79 Å². The number of aryl methyl sites for hydroxylation is 1. The van der Waals surface area contributed by atoms with Crippen LogP contribution in [0.5, 0.6) is 5.75 Å². The average molecular weight is 453 g/mol. The molecule has 0 aromatic heterocycles. The molecule has 0 bridgehead atoms. The maximum Gasteiger partial charge on any atom is 0.258 e. The van der Waals surface area contributed by atoms with E-state index in [-0.39, 0.29) is 34.2 Å². The summed E-state index contributed by atoms with van der Waals surface area (Å²) < 4.78 is 32.5. The average Bonchev–Trinajstić information content (AvgIpc) is 2.72. The molecule has 1 atom stereocenters. The Balaban J connectivity index is 1.82. The molecule has 6 nitrogen and oxygen atoms in total. The third-order valence-corrected chi connectivity index (χ3v) is 6.27. The van der Waals surface area contributed by atoms with Gasteiger partial charge < -0.3 is 10.1 Å². The van der Waals surface area contributed by atoms with E-state index in [0.717, 1.165) is 25.7 Å². The number of carbonyl (C=O) groups excluding carboxylic acids is 1. The molecule has 0 saturated carbocycles. The number of sulfonamides is 1. The molecule has 0 spiro atoms. The van der Waals surface area contributed by atoms with Crippen LogP contribution in [-0.2, 0) is 21.2 Å². The molecule has 0 fully saturated rings. The van der Waals surface area contributed by atoms with Crippen molar-refractivity contribution in [3.05, 3.63) is 59.1 Å². The van der Waals surface area contributed by atoms with E-state index < -0.39 is 10.0 Å². The first-order chi connectivity index (χ1) is 14.3. The van der Waals surface area contributed by atoms with Gasteiger partial charge in [0.25, 0.3) is 5.91 Å². The minimum atomic E-state index is -3.62. The Kier molecular flexibility index (Phi) is 9.62. The number of carbonyl (C=O) groups is 1. The van der Waals surface area contributed by atoms with Crippen LogP contribution >= 0.6 is 11.6 Å².